The van der Waals surface area contributed by atoms with E-state index < -0.39 is 0 Å². The summed E-state index contributed by atoms with van der Waals surface area (Å²) in [6, 6.07) is 20.1. The molecule has 1 fully saturated rings. The van der Waals surface area contributed by atoms with Gasteiger partial charge in [0, 0.05) is 43.6 Å². The first-order valence-electron chi connectivity index (χ1n) is 9.88. The first kappa shape index (κ1) is 18.9. The predicted molar refractivity (Wildman–Crippen MR) is 116 cm³/mol. The molecule has 0 bridgehead atoms. The van der Waals surface area contributed by atoms with Gasteiger partial charge in [0.1, 0.15) is 17.3 Å². The summed E-state index contributed by atoms with van der Waals surface area (Å²) in [6.45, 7) is 6.83. The van der Waals surface area contributed by atoms with Crippen molar-refractivity contribution in [2.75, 3.05) is 36.4 Å². The molecular formula is C23H25N5O. The number of piperazine rings is 1. The quantitative estimate of drug-likeness (QED) is 0.738. The molecule has 2 heterocycles. The highest BCUT2D eigenvalue weighted by molar-refractivity contribution is 5.93. The summed E-state index contributed by atoms with van der Waals surface area (Å²) in [5.41, 5.74) is 3.72. The van der Waals surface area contributed by atoms with Crippen molar-refractivity contribution in [3.8, 4) is 0 Å². The molecule has 4 rings (SSSR count). The summed E-state index contributed by atoms with van der Waals surface area (Å²) >= 11 is 0. The number of aromatic nitrogens is 2. The van der Waals surface area contributed by atoms with Gasteiger partial charge < -0.3 is 15.1 Å². The van der Waals surface area contributed by atoms with Crippen LogP contribution >= 0.6 is 0 Å². The minimum Gasteiger partial charge on any atom is -0.368 e. The smallest absolute Gasteiger partial charge is 0.272 e. The summed E-state index contributed by atoms with van der Waals surface area (Å²) in [7, 11) is 0. The lowest BCUT2D eigenvalue weighted by molar-refractivity contribution is 0.0740. The van der Waals surface area contributed by atoms with E-state index in [1.807, 2.05) is 61.2 Å². The van der Waals surface area contributed by atoms with Gasteiger partial charge in [-0.1, -0.05) is 36.4 Å². The highest BCUT2D eigenvalue weighted by atomic mass is 16.2. The molecule has 1 N–H and O–H groups in total. The van der Waals surface area contributed by atoms with Gasteiger partial charge in [0.2, 0.25) is 0 Å². The number of carbonyl (C=O) groups excluding carboxylic acids is 1. The molecule has 6 heteroatoms. The van der Waals surface area contributed by atoms with Gasteiger partial charge in [-0.2, -0.15) is 0 Å². The van der Waals surface area contributed by atoms with Crippen molar-refractivity contribution < 1.29 is 4.79 Å². The summed E-state index contributed by atoms with van der Waals surface area (Å²) in [6.07, 6.45) is 0. The SMILES string of the molecule is Cc1nc(Nc2ccccc2C)cc(C(=O)N2CCN(c3ccccc3)CC2)n1. The van der Waals surface area contributed by atoms with E-state index in [-0.39, 0.29) is 5.91 Å². The second-order valence-electron chi connectivity index (χ2n) is 7.24. The number of hydrogen-bond acceptors (Lipinski definition) is 5. The van der Waals surface area contributed by atoms with Crippen LogP contribution in [0.1, 0.15) is 21.9 Å². The van der Waals surface area contributed by atoms with E-state index >= 15 is 0 Å². The van der Waals surface area contributed by atoms with Crippen LogP contribution in [0.2, 0.25) is 0 Å². The Morgan fingerprint density at radius 1 is 0.897 bits per heavy atom. The summed E-state index contributed by atoms with van der Waals surface area (Å²) in [5.74, 6) is 1.17. The van der Waals surface area contributed by atoms with E-state index in [1.165, 1.54) is 5.69 Å². The number of benzene rings is 2. The maximum Gasteiger partial charge on any atom is 0.272 e. The van der Waals surface area contributed by atoms with Gasteiger partial charge in [0.25, 0.3) is 5.91 Å². The van der Waals surface area contributed by atoms with Crippen molar-refractivity contribution in [1.29, 1.82) is 0 Å². The highest BCUT2D eigenvalue weighted by Gasteiger charge is 2.24. The summed E-state index contributed by atoms with van der Waals surface area (Å²) in [4.78, 5) is 26.1. The Kier molecular flexibility index (Phi) is 5.42. The number of nitrogens with one attached hydrogen (secondary N) is 1. The molecule has 0 unspecified atom stereocenters. The lowest BCUT2D eigenvalue weighted by atomic mass is 10.2. The predicted octanol–water partition coefficient (Wildman–Crippen LogP) is 3.80. The maximum atomic E-state index is 13.1. The Morgan fingerprint density at radius 2 is 1.59 bits per heavy atom. The van der Waals surface area contributed by atoms with Gasteiger partial charge >= 0.3 is 0 Å². The monoisotopic (exact) mass is 387 g/mol. The van der Waals surface area contributed by atoms with E-state index in [2.05, 4.69) is 32.3 Å². The third-order valence-electron chi connectivity index (χ3n) is 5.15. The van der Waals surface area contributed by atoms with Gasteiger partial charge in [-0.15, -0.1) is 0 Å². The largest absolute Gasteiger partial charge is 0.368 e. The second kappa shape index (κ2) is 8.31. The zero-order valence-corrected chi connectivity index (χ0v) is 16.8. The summed E-state index contributed by atoms with van der Waals surface area (Å²) in [5, 5.41) is 3.31. The zero-order chi connectivity index (χ0) is 20.2. The number of aryl methyl sites for hydroxylation is 2. The third kappa shape index (κ3) is 4.37. The van der Waals surface area contributed by atoms with Gasteiger partial charge in [0.05, 0.1) is 0 Å². The van der Waals surface area contributed by atoms with Crippen molar-refractivity contribution >= 4 is 23.1 Å². The molecule has 1 aliphatic heterocycles. The number of amides is 1. The first-order chi connectivity index (χ1) is 14.1. The fourth-order valence-electron chi connectivity index (χ4n) is 3.56. The average molecular weight is 387 g/mol. The van der Waals surface area contributed by atoms with Gasteiger partial charge in [-0.05, 0) is 37.6 Å². The van der Waals surface area contributed by atoms with E-state index in [1.54, 1.807) is 6.07 Å². The maximum absolute atomic E-state index is 13.1. The molecule has 1 aliphatic rings. The van der Waals surface area contributed by atoms with Crippen molar-refractivity contribution in [3.63, 3.8) is 0 Å². The Hall–Kier alpha value is -3.41. The molecule has 6 nitrogen and oxygen atoms in total. The number of hydrogen-bond donors (Lipinski definition) is 1. The van der Waals surface area contributed by atoms with Crippen LogP contribution in [-0.2, 0) is 0 Å². The minimum atomic E-state index is -0.0453. The lowest BCUT2D eigenvalue weighted by Crippen LogP contribution is -2.49. The van der Waals surface area contributed by atoms with Gasteiger partial charge in [0.15, 0.2) is 0 Å². The summed E-state index contributed by atoms with van der Waals surface area (Å²) < 4.78 is 0. The molecule has 1 amide bonds. The molecule has 0 radical (unpaired) electrons. The van der Waals surface area contributed by atoms with Crippen LogP contribution in [0.25, 0.3) is 0 Å². The topological polar surface area (TPSA) is 61.4 Å². The Bertz CT molecular complexity index is 997. The zero-order valence-electron chi connectivity index (χ0n) is 16.8. The van der Waals surface area contributed by atoms with Crippen molar-refractivity contribution in [3.05, 3.63) is 77.7 Å². The fourth-order valence-corrected chi connectivity index (χ4v) is 3.56. The number of nitrogens with zero attached hydrogens (tertiary/aromatic N) is 4. The lowest BCUT2D eigenvalue weighted by Gasteiger charge is -2.36. The average Bonchev–Trinajstić information content (AvgIpc) is 2.75. The third-order valence-corrected chi connectivity index (χ3v) is 5.15. The van der Waals surface area contributed by atoms with Gasteiger partial charge in [-0.25, -0.2) is 9.97 Å². The van der Waals surface area contributed by atoms with Crippen LogP contribution in [0.15, 0.2) is 60.7 Å². The second-order valence-corrected chi connectivity index (χ2v) is 7.24. The van der Waals surface area contributed by atoms with Crippen LogP contribution in [0.5, 0.6) is 0 Å². The van der Waals surface area contributed by atoms with Crippen LogP contribution in [0, 0.1) is 13.8 Å². The molecule has 2 aromatic carbocycles. The molecule has 0 spiro atoms. The molecule has 1 aromatic heterocycles. The first-order valence-corrected chi connectivity index (χ1v) is 9.88. The molecule has 1 saturated heterocycles. The van der Waals surface area contributed by atoms with Crippen LogP contribution < -0.4 is 10.2 Å². The molecule has 0 saturated carbocycles. The van der Waals surface area contributed by atoms with E-state index in [4.69, 9.17) is 0 Å². The normalized spacial score (nSPS) is 14.0. The fraction of sp³-hybridized carbons (Fsp3) is 0.261. The standard InChI is InChI=1S/C23H25N5O/c1-17-8-6-7-11-20(17)26-22-16-21(24-18(2)25-22)23(29)28-14-12-27(13-15-28)19-9-4-3-5-10-19/h3-11,16H,12-15H2,1-2H3,(H,24,25,26). The molecule has 3 aromatic rings. The number of para-hydroxylation sites is 2. The van der Waals surface area contributed by atoms with Gasteiger partial charge in [-0.3, -0.25) is 4.79 Å². The molecule has 148 valence electrons. The molecular weight excluding hydrogens is 362 g/mol. The molecule has 0 atom stereocenters. The molecule has 0 aliphatic carbocycles. The van der Waals surface area contributed by atoms with E-state index in [0.717, 1.165) is 24.3 Å². The van der Waals surface area contributed by atoms with E-state index in [9.17, 15) is 4.79 Å². The number of carbonyl (C=O) groups is 1. The highest BCUT2D eigenvalue weighted by Crippen LogP contribution is 2.21. The number of anilines is 3. The Balaban J connectivity index is 1.46. The minimum absolute atomic E-state index is 0.0453. The van der Waals surface area contributed by atoms with Crippen LogP contribution in [0.4, 0.5) is 17.2 Å². The Labute approximate surface area is 171 Å². The van der Waals surface area contributed by atoms with Crippen molar-refractivity contribution in [2.45, 2.75) is 13.8 Å². The van der Waals surface area contributed by atoms with E-state index in [0.29, 0.717) is 30.4 Å². The molecule has 29 heavy (non-hydrogen) atoms. The van der Waals surface area contributed by atoms with Crippen molar-refractivity contribution in [1.82, 2.24) is 14.9 Å². The number of rotatable bonds is 4. The van der Waals surface area contributed by atoms with Crippen molar-refractivity contribution in [2.24, 2.45) is 0 Å². The Morgan fingerprint density at radius 3 is 2.31 bits per heavy atom. The van der Waals surface area contributed by atoms with Crippen LogP contribution in [0.3, 0.4) is 0 Å². The van der Waals surface area contributed by atoms with Crippen LogP contribution in [-0.4, -0.2) is 47.0 Å².